The van der Waals surface area contributed by atoms with Crippen molar-refractivity contribution in [1.82, 2.24) is 10.9 Å². The molecule has 2 N–H and O–H groups in total. The highest BCUT2D eigenvalue weighted by molar-refractivity contribution is 8.00. The van der Waals surface area contributed by atoms with Crippen LogP contribution in [0.2, 0.25) is 0 Å². The largest absolute Gasteiger partial charge is 0.494 e. The molecular formula is C17H20N2O4S. The van der Waals surface area contributed by atoms with Crippen molar-refractivity contribution in [1.29, 1.82) is 0 Å². The third-order valence-electron chi connectivity index (χ3n) is 3.11. The van der Waals surface area contributed by atoms with E-state index in [1.165, 1.54) is 11.8 Å². The maximum Gasteiger partial charge on any atom is 0.273 e. The van der Waals surface area contributed by atoms with Gasteiger partial charge in [0, 0.05) is 4.90 Å². The van der Waals surface area contributed by atoms with Crippen molar-refractivity contribution in [3.05, 3.63) is 47.4 Å². The van der Waals surface area contributed by atoms with Crippen LogP contribution in [-0.2, 0) is 4.79 Å². The maximum atomic E-state index is 12.0. The van der Waals surface area contributed by atoms with E-state index in [4.69, 9.17) is 9.15 Å². The summed E-state index contributed by atoms with van der Waals surface area (Å²) in [6, 6.07) is 9.12. The summed E-state index contributed by atoms with van der Waals surface area (Å²) in [5.74, 6) is 1.46. The zero-order valence-corrected chi connectivity index (χ0v) is 14.7. The van der Waals surface area contributed by atoms with E-state index in [2.05, 4.69) is 10.9 Å². The van der Waals surface area contributed by atoms with E-state index in [0.29, 0.717) is 23.7 Å². The lowest BCUT2D eigenvalue weighted by atomic mass is 10.2. The average Bonchev–Trinajstić information content (AvgIpc) is 2.91. The molecule has 0 saturated heterocycles. The second kappa shape index (κ2) is 8.44. The number of furan rings is 1. The molecule has 0 aliphatic carbocycles. The van der Waals surface area contributed by atoms with Crippen LogP contribution in [0.25, 0.3) is 0 Å². The van der Waals surface area contributed by atoms with Gasteiger partial charge in [0.1, 0.15) is 17.3 Å². The fourth-order valence-electron chi connectivity index (χ4n) is 2.03. The molecule has 2 aromatic rings. The minimum Gasteiger partial charge on any atom is -0.494 e. The second-order valence-electron chi connectivity index (χ2n) is 5.02. The van der Waals surface area contributed by atoms with Crippen LogP contribution in [0, 0.1) is 13.8 Å². The molecule has 1 heterocycles. The fraction of sp³-hybridized carbons (Fsp3) is 0.294. The third kappa shape index (κ3) is 5.06. The van der Waals surface area contributed by atoms with Crippen molar-refractivity contribution < 1.29 is 18.7 Å². The van der Waals surface area contributed by atoms with Gasteiger partial charge in [0.25, 0.3) is 5.91 Å². The van der Waals surface area contributed by atoms with E-state index < -0.39 is 5.91 Å². The second-order valence-corrected chi connectivity index (χ2v) is 6.07. The van der Waals surface area contributed by atoms with Crippen LogP contribution in [0.4, 0.5) is 0 Å². The highest BCUT2D eigenvalue weighted by Crippen LogP contribution is 2.21. The van der Waals surface area contributed by atoms with Gasteiger partial charge in [0.05, 0.1) is 17.9 Å². The number of ether oxygens (including phenoxy) is 1. The van der Waals surface area contributed by atoms with Crippen LogP contribution < -0.4 is 15.6 Å². The molecule has 6 nitrogen and oxygen atoms in total. The zero-order valence-electron chi connectivity index (χ0n) is 13.8. The summed E-state index contributed by atoms with van der Waals surface area (Å²) in [6.07, 6.45) is 0. The van der Waals surface area contributed by atoms with E-state index in [-0.39, 0.29) is 11.7 Å². The Labute approximate surface area is 144 Å². The molecular weight excluding hydrogens is 328 g/mol. The molecule has 0 bridgehead atoms. The Balaban J connectivity index is 1.77. The Morgan fingerprint density at radius 1 is 1.17 bits per heavy atom. The predicted octanol–water partition coefficient (Wildman–Crippen LogP) is 2.85. The number of carbonyl (C=O) groups is 2. The molecule has 128 valence electrons. The summed E-state index contributed by atoms with van der Waals surface area (Å²) >= 11 is 1.37. The number of aryl methyl sites for hydroxylation is 2. The highest BCUT2D eigenvalue weighted by atomic mass is 32.2. The molecule has 0 aliphatic heterocycles. The lowest BCUT2D eigenvalue weighted by molar-refractivity contribution is -0.119. The van der Waals surface area contributed by atoms with Crippen LogP contribution in [0.3, 0.4) is 0 Å². The third-order valence-corrected chi connectivity index (χ3v) is 4.12. The van der Waals surface area contributed by atoms with Crippen LogP contribution in [-0.4, -0.2) is 24.2 Å². The number of carbonyl (C=O) groups excluding carboxylic acids is 2. The molecule has 1 aromatic carbocycles. The summed E-state index contributed by atoms with van der Waals surface area (Å²) < 4.78 is 10.6. The SMILES string of the molecule is CCOc1ccc(SCC(=O)NNC(=O)c2cc(C)oc2C)cc1. The molecule has 24 heavy (non-hydrogen) atoms. The normalized spacial score (nSPS) is 10.3. The van der Waals surface area contributed by atoms with Gasteiger partial charge in [-0.3, -0.25) is 20.4 Å². The summed E-state index contributed by atoms with van der Waals surface area (Å²) in [6.45, 7) is 6.00. The molecule has 1 aromatic heterocycles. The molecule has 2 amide bonds. The molecule has 0 aliphatic rings. The van der Waals surface area contributed by atoms with E-state index >= 15 is 0 Å². The van der Waals surface area contributed by atoms with Gasteiger partial charge in [-0.1, -0.05) is 0 Å². The summed E-state index contributed by atoms with van der Waals surface area (Å²) in [5.41, 5.74) is 5.19. The smallest absolute Gasteiger partial charge is 0.273 e. The van der Waals surface area contributed by atoms with Crippen molar-refractivity contribution in [2.45, 2.75) is 25.7 Å². The Hall–Kier alpha value is -2.41. The number of hydrazine groups is 1. The average molecular weight is 348 g/mol. The number of thioether (sulfide) groups is 1. The Kier molecular flexibility index (Phi) is 6.31. The first-order valence-electron chi connectivity index (χ1n) is 7.51. The van der Waals surface area contributed by atoms with Crippen LogP contribution in [0.1, 0.15) is 28.8 Å². The van der Waals surface area contributed by atoms with Gasteiger partial charge < -0.3 is 9.15 Å². The van der Waals surface area contributed by atoms with Gasteiger partial charge in [0.2, 0.25) is 5.91 Å². The lowest BCUT2D eigenvalue weighted by Gasteiger charge is -2.07. The van der Waals surface area contributed by atoms with Gasteiger partial charge in [-0.25, -0.2) is 0 Å². The predicted molar refractivity (Wildman–Crippen MR) is 92.1 cm³/mol. The zero-order chi connectivity index (χ0) is 17.5. The summed E-state index contributed by atoms with van der Waals surface area (Å²) in [4.78, 5) is 24.7. The number of hydrogen-bond donors (Lipinski definition) is 2. The Morgan fingerprint density at radius 3 is 2.46 bits per heavy atom. The quantitative estimate of drug-likeness (QED) is 0.620. The minimum absolute atomic E-state index is 0.192. The van der Waals surface area contributed by atoms with Crippen molar-refractivity contribution in [3.8, 4) is 5.75 Å². The Bertz CT molecular complexity index is 710. The summed E-state index contributed by atoms with van der Waals surface area (Å²) in [7, 11) is 0. The van der Waals surface area contributed by atoms with E-state index in [9.17, 15) is 9.59 Å². The number of amides is 2. The first-order valence-corrected chi connectivity index (χ1v) is 8.50. The monoisotopic (exact) mass is 348 g/mol. The van der Waals surface area contributed by atoms with Crippen molar-refractivity contribution in [2.24, 2.45) is 0 Å². The standard InChI is InChI=1S/C17H20N2O4S/c1-4-22-13-5-7-14(8-6-13)24-10-16(20)18-19-17(21)15-9-11(2)23-12(15)3/h5-9H,4,10H2,1-3H3,(H,18,20)(H,19,21). The molecule has 0 saturated carbocycles. The fourth-order valence-corrected chi connectivity index (χ4v) is 2.73. The number of benzene rings is 1. The van der Waals surface area contributed by atoms with Gasteiger partial charge in [-0.05, 0) is 51.1 Å². The number of nitrogens with one attached hydrogen (secondary N) is 2. The first-order chi connectivity index (χ1) is 11.5. The van der Waals surface area contributed by atoms with Crippen LogP contribution >= 0.6 is 11.8 Å². The molecule has 0 radical (unpaired) electrons. The lowest BCUT2D eigenvalue weighted by Crippen LogP contribution is -2.42. The Morgan fingerprint density at radius 2 is 1.88 bits per heavy atom. The number of hydrogen-bond acceptors (Lipinski definition) is 5. The molecule has 0 fully saturated rings. The minimum atomic E-state index is -0.399. The maximum absolute atomic E-state index is 12.0. The molecule has 0 atom stereocenters. The van der Waals surface area contributed by atoms with E-state index in [1.807, 2.05) is 31.2 Å². The van der Waals surface area contributed by atoms with Gasteiger partial charge in [-0.2, -0.15) is 0 Å². The molecule has 2 rings (SSSR count). The van der Waals surface area contributed by atoms with Gasteiger partial charge >= 0.3 is 0 Å². The topological polar surface area (TPSA) is 80.6 Å². The van der Waals surface area contributed by atoms with E-state index in [1.54, 1.807) is 19.9 Å². The van der Waals surface area contributed by atoms with Crippen molar-refractivity contribution in [3.63, 3.8) is 0 Å². The summed E-state index contributed by atoms with van der Waals surface area (Å²) in [5, 5.41) is 0. The van der Waals surface area contributed by atoms with Gasteiger partial charge in [-0.15, -0.1) is 11.8 Å². The molecule has 0 unspecified atom stereocenters. The highest BCUT2D eigenvalue weighted by Gasteiger charge is 2.14. The van der Waals surface area contributed by atoms with E-state index in [0.717, 1.165) is 10.6 Å². The van der Waals surface area contributed by atoms with Crippen LogP contribution in [0.15, 0.2) is 39.6 Å². The first kappa shape index (κ1) is 17.9. The van der Waals surface area contributed by atoms with Crippen molar-refractivity contribution >= 4 is 23.6 Å². The molecule has 7 heteroatoms. The van der Waals surface area contributed by atoms with Crippen molar-refractivity contribution in [2.75, 3.05) is 12.4 Å². The van der Waals surface area contributed by atoms with Gasteiger partial charge in [0.15, 0.2) is 0 Å². The van der Waals surface area contributed by atoms with Crippen LogP contribution in [0.5, 0.6) is 5.75 Å². The molecule has 0 spiro atoms. The number of rotatable bonds is 6.